The van der Waals surface area contributed by atoms with Crippen molar-refractivity contribution >= 4 is 5.97 Å². The van der Waals surface area contributed by atoms with Crippen LogP contribution in [0.15, 0.2) is 11.0 Å². The Morgan fingerprint density at radius 2 is 2.00 bits per heavy atom. The highest BCUT2D eigenvalue weighted by Crippen LogP contribution is 2.24. The predicted octanol–water partition coefficient (Wildman–Crippen LogP) is 1.84. The van der Waals surface area contributed by atoms with Gasteiger partial charge < -0.3 is 14.8 Å². The van der Waals surface area contributed by atoms with E-state index in [2.05, 4.69) is 4.74 Å². The standard InChI is InChI=1S/C9H6F5NO4/c10-8(11)6-3(1-5(16)17)7(18)4(2-15-6)19-9(12,13)14/h2,8H,1H2,(H,15,18)(H,16,17). The first-order valence-electron chi connectivity index (χ1n) is 4.62. The lowest BCUT2D eigenvalue weighted by molar-refractivity contribution is -0.275. The zero-order chi connectivity index (χ0) is 14.8. The van der Waals surface area contributed by atoms with Crippen LogP contribution >= 0.6 is 0 Å². The summed E-state index contributed by atoms with van der Waals surface area (Å²) in [7, 11) is 0. The number of nitrogens with one attached hydrogen (secondary N) is 1. The summed E-state index contributed by atoms with van der Waals surface area (Å²) in [5.41, 5.74) is -3.58. The van der Waals surface area contributed by atoms with Crippen LogP contribution in [0.3, 0.4) is 0 Å². The van der Waals surface area contributed by atoms with E-state index in [4.69, 9.17) is 5.11 Å². The fourth-order valence-electron chi connectivity index (χ4n) is 1.29. The second-order valence-corrected chi connectivity index (χ2v) is 3.29. The molecule has 2 N–H and O–H groups in total. The van der Waals surface area contributed by atoms with Gasteiger partial charge in [0.2, 0.25) is 5.43 Å². The number of aromatic nitrogens is 1. The third-order valence-corrected chi connectivity index (χ3v) is 1.95. The summed E-state index contributed by atoms with van der Waals surface area (Å²) < 4.78 is 64.1. The molecule has 106 valence electrons. The molecular weight excluding hydrogens is 281 g/mol. The van der Waals surface area contributed by atoms with E-state index in [1.165, 1.54) is 0 Å². The van der Waals surface area contributed by atoms with Crippen LogP contribution in [0, 0.1) is 0 Å². The number of carbonyl (C=O) groups is 1. The van der Waals surface area contributed by atoms with Gasteiger partial charge in [0.25, 0.3) is 6.43 Å². The molecule has 1 aromatic heterocycles. The van der Waals surface area contributed by atoms with E-state index < -0.39 is 47.6 Å². The summed E-state index contributed by atoms with van der Waals surface area (Å²) in [6.45, 7) is 0. The number of halogens is 5. The molecule has 10 heteroatoms. The molecule has 0 aliphatic carbocycles. The Kier molecular flexibility index (Phi) is 4.12. The molecule has 0 amide bonds. The molecule has 0 aromatic carbocycles. The first kappa shape index (κ1) is 14.9. The van der Waals surface area contributed by atoms with Crippen molar-refractivity contribution in [3.63, 3.8) is 0 Å². The first-order valence-corrected chi connectivity index (χ1v) is 4.62. The SMILES string of the molecule is O=C(O)Cc1c(C(F)F)[nH]cc(OC(F)(F)F)c1=O. The summed E-state index contributed by atoms with van der Waals surface area (Å²) in [6.07, 6.45) is -9.27. The molecule has 19 heavy (non-hydrogen) atoms. The van der Waals surface area contributed by atoms with Crippen molar-refractivity contribution in [2.75, 3.05) is 0 Å². The molecule has 0 atom stereocenters. The first-order chi connectivity index (χ1) is 8.61. The lowest BCUT2D eigenvalue weighted by Crippen LogP contribution is -2.25. The zero-order valence-electron chi connectivity index (χ0n) is 8.92. The van der Waals surface area contributed by atoms with E-state index in [0.717, 1.165) is 0 Å². The van der Waals surface area contributed by atoms with Gasteiger partial charge in [0.05, 0.1) is 12.1 Å². The minimum absolute atomic E-state index is 0.308. The maximum atomic E-state index is 12.5. The van der Waals surface area contributed by atoms with Crippen LogP contribution in [0.4, 0.5) is 22.0 Å². The average molecular weight is 287 g/mol. The van der Waals surface area contributed by atoms with Crippen LogP contribution in [0.1, 0.15) is 17.7 Å². The van der Waals surface area contributed by atoms with E-state index in [-0.39, 0.29) is 0 Å². The minimum Gasteiger partial charge on any atom is -0.481 e. The fourth-order valence-corrected chi connectivity index (χ4v) is 1.29. The van der Waals surface area contributed by atoms with Crippen LogP contribution in [0.25, 0.3) is 0 Å². The smallest absolute Gasteiger partial charge is 0.481 e. The van der Waals surface area contributed by atoms with Crippen LogP contribution in [-0.2, 0) is 11.2 Å². The number of aliphatic carboxylic acids is 1. The molecule has 0 fully saturated rings. The molecule has 0 aliphatic heterocycles. The predicted molar refractivity (Wildman–Crippen MR) is 50.0 cm³/mol. The minimum atomic E-state index is -5.19. The zero-order valence-corrected chi connectivity index (χ0v) is 8.92. The highest BCUT2D eigenvalue weighted by Gasteiger charge is 2.33. The number of hydrogen-bond donors (Lipinski definition) is 2. The molecule has 0 radical (unpaired) electrons. The Balaban J connectivity index is 3.33. The molecule has 0 saturated heterocycles. The van der Waals surface area contributed by atoms with Gasteiger partial charge in [-0.05, 0) is 0 Å². The summed E-state index contributed by atoms with van der Waals surface area (Å²) in [5.74, 6) is -2.94. The van der Waals surface area contributed by atoms with E-state index >= 15 is 0 Å². The molecule has 0 saturated carbocycles. The Morgan fingerprint density at radius 1 is 1.42 bits per heavy atom. The number of pyridine rings is 1. The Bertz CT molecular complexity index is 536. The van der Waals surface area contributed by atoms with E-state index in [1.54, 1.807) is 4.98 Å². The van der Waals surface area contributed by atoms with Crippen LogP contribution in [0.5, 0.6) is 5.75 Å². The summed E-state index contributed by atoms with van der Waals surface area (Å²) in [5, 5.41) is 8.46. The van der Waals surface area contributed by atoms with Gasteiger partial charge in [0.15, 0.2) is 5.75 Å². The molecule has 0 unspecified atom stereocenters. The van der Waals surface area contributed by atoms with Crippen molar-refractivity contribution in [3.8, 4) is 5.75 Å². The van der Waals surface area contributed by atoms with Gasteiger partial charge in [-0.25, -0.2) is 8.78 Å². The van der Waals surface area contributed by atoms with Crippen molar-refractivity contribution in [2.24, 2.45) is 0 Å². The van der Waals surface area contributed by atoms with Gasteiger partial charge in [-0.1, -0.05) is 0 Å². The largest absolute Gasteiger partial charge is 0.573 e. The molecule has 1 heterocycles. The number of aromatic amines is 1. The maximum absolute atomic E-state index is 12.5. The van der Waals surface area contributed by atoms with Gasteiger partial charge in [0, 0.05) is 11.8 Å². The second-order valence-electron chi connectivity index (χ2n) is 3.29. The third kappa shape index (κ3) is 3.93. The number of hydrogen-bond acceptors (Lipinski definition) is 3. The molecule has 0 spiro atoms. The Labute approximate surface area is 101 Å². The molecule has 5 nitrogen and oxygen atoms in total. The third-order valence-electron chi connectivity index (χ3n) is 1.95. The average Bonchev–Trinajstić information content (AvgIpc) is 2.21. The van der Waals surface area contributed by atoms with Crippen LogP contribution in [-0.4, -0.2) is 22.4 Å². The lowest BCUT2D eigenvalue weighted by atomic mass is 10.1. The number of H-pyrrole nitrogens is 1. The van der Waals surface area contributed by atoms with E-state index in [0.29, 0.717) is 6.20 Å². The molecular formula is C9H6F5NO4. The fraction of sp³-hybridized carbons (Fsp3) is 0.333. The van der Waals surface area contributed by atoms with Gasteiger partial charge in [-0.3, -0.25) is 9.59 Å². The number of carboxylic acids is 1. The van der Waals surface area contributed by atoms with Crippen molar-refractivity contribution < 1.29 is 36.6 Å². The molecule has 0 bridgehead atoms. The monoisotopic (exact) mass is 287 g/mol. The lowest BCUT2D eigenvalue weighted by Gasteiger charge is -2.11. The molecule has 0 aliphatic rings. The topological polar surface area (TPSA) is 79.4 Å². The normalized spacial score (nSPS) is 11.7. The number of rotatable bonds is 4. The van der Waals surface area contributed by atoms with Gasteiger partial charge in [0.1, 0.15) is 0 Å². The van der Waals surface area contributed by atoms with Crippen molar-refractivity contribution in [3.05, 3.63) is 27.7 Å². The van der Waals surface area contributed by atoms with E-state index in [9.17, 15) is 31.5 Å². The quantitative estimate of drug-likeness (QED) is 0.828. The summed E-state index contributed by atoms with van der Waals surface area (Å²) >= 11 is 0. The maximum Gasteiger partial charge on any atom is 0.573 e. The van der Waals surface area contributed by atoms with Crippen molar-refractivity contribution in [2.45, 2.75) is 19.2 Å². The summed E-state index contributed by atoms with van der Waals surface area (Å²) in [4.78, 5) is 23.6. The number of ether oxygens (including phenoxy) is 1. The highest BCUT2D eigenvalue weighted by atomic mass is 19.4. The van der Waals surface area contributed by atoms with Crippen molar-refractivity contribution in [1.82, 2.24) is 4.98 Å². The van der Waals surface area contributed by atoms with Crippen LogP contribution in [0.2, 0.25) is 0 Å². The Hall–Kier alpha value is -2.13. The van der Waals surface area contributed by atoms with E-state index in [1.807, 2.05) is 0 Å². The summed E-state index contributed by atoms with van der Waals surface area (Å²) in [6, 6.07) is 0. The Morgan fingerprint density at radius 3 is 2.42 bits per heavy atom. The molecule has 1 rings (SSSR count). The van der Waals surface area contributed by atoms with Crippen molar-refractivity contribution in [1.29, 1.82) is 0 Å². The second kappa shape index (κ2) is 5.24. The van der Waals surface area contributed by atoms with Gasteiger partial charge in [-0.2, -0.15) is 0 Å². The van der Waals surface area contributed by atoms with Crippen LogP contribution < -0.4 is 10.2 Å². The van der Waals surface area contributed by atoms with Gasteiger partial charge in [-0.15, -0.1) is 13.2 Å². The molecule has 1 aromatic rings. The highest BCUT2D eigenvalue weighted by molar-refractivity contribution is 5.70. The number of carboxylic acid groups (broad SMARTS) is 1. The van der Waals surface area contributed by atoms with Gasteiger partial charge >= 0.3 is 12.3 Å². The number of alkyl halides is 5.